The lowest BCUT2D eigenvalue weighted by atomic mass is 10.1. The second-order valence-corrected chi connectivity index (χ2v) is 8.62. The second kappa shape index (κ2) is 5.96. The lowest BCUT2D eigenvalue weighted by Gasteiger charge is -2.31. The normalized spacial score (nSPS) is 19.5. The molecule has 0 unspecified atom stereocenters. The van der Waals surface area contributed by atoms with Crippen molar-refractivity contribution in [3.8, 4) is 0 Å². The van der Waals surface area contributed by atoms with E-state index in [1.807, 2.05) is 41.8 Å². The summed E-state index contributed by atoms with van der Waals surface area (Å²) in [5, 5.41) is 8.96. The van der Waals surface area contributed by atoms with Crippen molar-refractivity contribution in [1.29, 1.82) is 0 Å². The van der Waals surface area contributed by atoms with Gasteiger partial charge in [0, 0.05) is 30.6 Å². The summed E-state index contributed by atoms with van der Waals surface area (Å²) in [5.41, 5.74) is 2.68. The molecule has 2 aromatic heterocycles. The van der Waals surface area contributed by atoms with Crippen molar-refractivity contribution in [2.45, 2.75) is 25.8 Å². The molecule has 3 aromatic rings. The zero-order chi connectivity index (χ0) is 17.6. The lowest BCUT2D eigenvalue weighted by Crippen LogP contribution is -2.44. The summed E-state index contributed by atoms with van der Waals surface area (Å²) in [4.78, 5) is 4.73. The first-order valence-corrected chi connectivity index (χ1v) is 10.2. The van der Waals surface area contributed by atoms with Crippen LogP contribution in [0.25, 0.3) is 16.6 Å². The van der Waals surface area contributed by atoms with Crippen LogP contribution in [-0.4, -0.2) is 52.7 Å². The Kier molecular flexibility index (Phi) is 3.88. The molecule has 0 saturated carbocycles. The molecule has 1 aliphatic heterocycles. The molecule has 8 heteroatoms. The Morgan fingerprint density at radius 3 is 2.88 bits per heavy atom. The lowest BCUT2D eigenvalue weighted by molar-refractivity contribution is 0.329. The standard InChI is InChI=1S/C17H21N5O2S/c1-12-10-16-19-17(14-7-3-4-8-15(14)22(16)20-12)18-13-6-5-9-21(11-13)25(2,23)24/h3-4,7-8,10,13H,5-6,9,11H2,1-2H3,(H,18,19)/t13-/m0/s1. The first kappa shape index (κ1) is 16.3. The van der Waals surface area contributed by atoms with E-state index in [4.69, 9.17) is 4.98 Å². The maximum Gasteiger partial charge on any atom is 0.211 e. The quantitative estimate of drug-likeness (QED) is 0.774. The van der Waals surface area contributed by atoms with Crippen LogP contribution in [0.3, 0.4) is 0 Å². The number of rotatable bonds is 3. The third kappa shape index (κ3) is 3.07. The molecule has 0 bridgehead atoms. The number of aromatic nitrogens is 3. The summed E-state index contributed by atoms with van der Waals surface area (Å²) in [7, 11) is -3.17. The van der Waals surface area contributed by atoms with Crippen molar-refractivity contribution >= 4 is 32.4 Å². The van der Waals surface area contributed by atoms with E-state index in [0.717, 1.165) is 40.9 Å². The van der Waals surface area contributed by atoms with Gasteiger partial charge in [0.1, 0.15) is 5.82 Å². The van der Waals surface area contributed by atoms with Crippen molar-refractivity contribution in [2.75, 3.05) is 24.7 Å². The van der Waals surface area contributed by atoms with Crippen LogP contribution in [0.15, 0.2) is 30.3 Å². The molecule has 1 N–H and O–H groups in total. The second-order valence-electron chi connectivity index (χ2n) is 6.64. The van der Waals surface area contributed by atoms with Crippen LogP contribution < -0.4 is 5.32 Å². The predicted octanol–water partition coefficient (Wildman–Crippen LogP) is 2.03. The van der Waals surface area contributed by atoms with Gasteiger partial charge in [-0.2, -0.15) is 5.10 Å². The number of hydrogen-bond acceptors (Lipinski definition) is 5. The zero-order valence-corrected chi connectivity index (χ0v) is 15.1. The van der Waals surface area contributed by atoms with Gasteiger partial charge in [0.25, 0.3) is 0 Å². The van der Waals surface area contributed by atoms with E-state index in [1.165, 1.54) is 10.6 Å². The molecule has 0 aliphatic carbocycles. The van der Waals surface area contributed by atoms with Crippen molar-refractivity contribution in [3.63, 3.8) is 0 Å². The van der Waals surface area contributed by atoms with Gasteiger partial charge in [-0.05, 0) is 31.9 Å². The van der Waals surface area contributed by atoms with Crippen LogP contribution in [-0.2, 0) is 10.0 Å². The number of anilines is 1. The van der Waals surface area contributed by atoms with Crippen molar-refractivity contribution in [3.05, 3.63) is 36.0 Å². The monoisotopic (exact) mass is 359 g/mol. The van der Waals surface area contributed by atoms with Crippen LogP contribution >= 0.6 is 0 Å². The molecule has 3 heterocycles. The highest BCUT2D eigenvalue weighted by molar-refractivity contribution is 7.88. The molecule has 7 nitrogen and oxygen atoms in total. The largest absolute Gasteiger partial charge is 0.365 e. The van der Waals surface area contributed by atoms with Crippen LogP contribution in [0.4, 0.5) is 5.82 Å². The number of sulfonamides is 1. The van der Waals surface area contributed by atoms with Gasteiger partial charge in [0.05, 0.1) is 17.5 Å². The van der Waals surface area contributed by atoms with E-state index in [0.29, 0.717) is 13.1 Å². The summed E-state index contributed by atoms with van der Waals surface area (Å²) in [6.45, 7) is 3.01. The van der Waals surface area contributed by atoms with Gasteiger partial charge in [-0.25, -0.2) is 22.2 Å². The third-order valence-electron chi connectivity index (χ3n) is 4.62. The smallest absolute Gasteiger partial charge is 0.211 e. The van der Waals surface area contributed by atoms with Gasteiger partial charge in [0.2, 0.25) is 10.0 Å². The SMILES string of the molecule is Cc1cc2nc(N[C@H]3CCCN(S(C)(=O)=O)C3)c3ccccc3n2n1. The molecule has 0 spiro atoms. The number of hydrogen-bond donors (Lipinski definition) is 1. The van der Waals surface area contributed by atoms with Gasteiger partial charge in [0.15, 0.2) is 5.65 Å². The van der Waals surface area contributed by atoms with Gasteiger partial charge < -0.3 is 5.32 Å². The van der Waals surface area contributed by atoms with E-state index in [2.05, 4.69) is 10.4 Å². The average Bonchev–Trinajstić information content (AvgIpc) is 2.95. The Bertz CT molecular complexity index is 1040. The van der Waals surface area contributed by atoms with E-state index in [-0.39, 0.29) is 6.04 Å². The maximum atomic E-state index is 11.8. The zero-order valence-electron chi connectivity index (χ0n) is 14.3. The van der Waals surface area contributed by atoms with Gasteiger partial charge >= 0.3 is 0 Å². The van der Waals surface area contributed by atoms with Gasteiger partial charge in [-0.3, -0.25) is 0 Å². The summed E-state index contributed by atoms with van der Waals surface area (Å²) >= 11 is 0. The summed E-state index contributed by atoms with van der Waals surface area (Å²) in [6, 6.07) is 9.98. The Balaban J connectivity index is 1.73. The van der Waals surface area contributed by atoms with Crippen molar-refractivity contribution in [2.24, 2.45) is 0 Å². The highest BCUT2D eigenvalue weighted by Gasteiger charge is 2.26. The number of aryl methyl sites for hydroxylation is 1. The Morgan fingerprint density at radius 1 is 1.28 bits per heavy atom. The predicted molar refractivity (Wildman–Crippen MR) is 98.3 cm³/mol. The van der Waals surface area contributed by atoms with Crippen molar-refractivity contribution in [1.82, 2.24) is 18.9 Å². The van der Waals surface area contributed by atoms with Crippen LogP contribution in [0, 0.1) is 6.92 Å². The summed E-state index contributed by atoms with van der Waals surface area (Å²) in [5.74, 6) is 0.781. The molecule has 4 rings (SSSR count). The molecule has 1 fully saturated rings. The molecule has 1 aromatic carbocycles. The molecule has 0 amide bonds. The Morgan fingerprint density at radius 2 is 2.08 bits per heavy atom. The van der Waals surface area contributed by atoms with Crippen molar-refractivity contribution < 1.29 is 8.42 Å². The molecular formula is C17H21N5O2S. The van der Waals surface area contributed by atoms with Crippen LogP contribution in [0.1, 0.15) is 18.5 Å². The van der Waals surface area contributed by atoms with E-state index < -0.39 is 10.0 Å². The fourth-order valence-corrected chi connectivity index (χ4v) is 4.35. The van der Waals surface area contributed by atoms with Crippen LogP contribution in [0.2, 0.25) is 0 Å². The fourth-order valence-electron chi connectivity index (χ4n) is 3.44. The molecule has 1 atom stereocenters. The van der Waals surface area contributed by atoms with E-state index in [9.17, 15) is 8.42 Å². The topological polar surface area (TPSA) is 79.6 Å². The van der Waals surface area contributed by atoms with Crippen LogP contribution in [0.5, 0.6) is 0 Å². The molecular weight excluding hydrogens is 338 g/mol. The minimum Gasteiger partial charge on any atom is -0.365 e. The number of piperidine rings is 1. The third-order valence-corrected chi connectivity index (χ3v) is 5.89. The molecule has 25 heavy (non-hydrogen) atoms. The summed E-state index contributed by atoms with van der Waals surface area (Å²) < 4.78 is 27.1. The molecule has 1 aliphatic rings. The highest BCUT2D eigenvalue weighted by atomic mass is 32.2. The average molecular weight is 359 g/mol. The van der Waals surface area contributed by atoms with Gasteiger partial charge in [-0.15, -0.1) is 0 Å². The van der Waals surface area contributed by atoms with E-state index in [1.54, 1.807) is 0 Å². The first-order chi connectivity index (χ1) is 11.9. The first-order valence-electron chi connectivity index (χ1n) is 8.38. The number of para-hydroxylation sites is 1. The molecule has 1 saturated heterocycles. The minimum absolute atomic E-state index is 0.0471. The molecule has 132 valence electrons. The number of benzene rings is 1. The number of fused-ring (bicyclic) bond motifs is 3. The van der Waals surface area contributed by atoms with Gasteiger partial charge in [-0.1, -0.05) is 12.1 Å². The highest BCUT2D eigenvalue weighted by Crippen LogP contribution is 2.25. The Hall–Kier alpha value is -2.19. The Labute approximate surface area is 146 Å². The van der Waals surface area contributed by atoms with E-state index >= 15 is 0 Å². The minimum atomic E-state index is -3.17. The molecule has 0 radical (unpaired) electrons. The maximum absolute atomic E-state index is 11.8. The number of nitrogens with zero attached hydrogens (tertiary/aromatic N) is 4. The fraction of sp³-hybridized carbons (Fsp3) is 0.412. The summed E-state index contributed by atoms with van der Waals surface area (Å²) in [6.07, 6.45) is 3.03. The number of nitrogens with one attached hydrogen (secondary N) is 1.